The smallest absolute Gasteiger partial charge is 0.194 e. The molecule has 3 heterocycles. The molecule has 2 aliphatic rings. The van der Waals surface area contributed by atoms with E-state index in [4.69, 9.17) is 9.98 Å². The van der Waals surface area contributed by atoms with Gasteiger partial charge >= 0.3 is 0 Å². The average molecular weight is 541 g/mol. The third-order valence-electron chi connectivity index (χ3n) is 5.58. The third kappa shape index (κ3) is 6.00. The number of hydrogen-bond donors (Lipinski definition) is 1. The molecule has 2 aliphatic heterocycles. The number of anilines is 2. The van der Waals surface area contributed by atoms with E-state index in [1.807, 2.05) is 0 Å². The fraction of sp³-hybridized carbons (Fsp3) is 0.545. The van der Waals surface area contributed by atoms with Gasteiger partial charge in [0.1, 0.15) is 0 Å². The van der Waals surface area contributed by atoms with E-state index in [1.165, 1.54) is 29.4 Å². The summed E-state index contributed by atoms with van der Waals surface area (Å²) in [7, 11) is 0. The van der Waals surface area contributed by atoms with E-state index in [2.05, 4.69) is 62.7 Å². The topological polar surface area (TPSA) is 47.0 Å². The third-order valence-corrected chi connectivity index (χ3v) is 6.53. The summed E-state index contributed by atoms with van der Waals surface area (Å²) in [4.78, 5) is 17.0. The zero-order valence-electron chi connectivity index (χ0n) is 17.8. The van der Waals surface area contributed by atoms with Crippen LogP contribution in [0.2, 0.25) is 0 Å². The molecule has 4 rings (SSSR count). The van der Waals surface area contributed by atoms with Crippen LogP contribution in [0.25, 0.3) is 0 Å². The summed E-state index contributed by atoms with van der Waals surface area (Å²) in [5.41, 5.74) is 2.48. The highest BCUT2D eigenvalue weighted by Gasteiger charge is 2.20. The van der Waals surface area contributed by atoms with Crippen molar-refractivity contribution < 1.29 is 0 Å². The molecular weight excluding hydrogens is 507 g/mol. The van der Waals surface area contributed by atoms with Gasteiger partial charge in [-0.25, -0.2) is 4.98 Å². The van der Waals surface area contributed by atoms with E-state index in [-0.39, 0.29) is 24.0 Å². The van der Waals surface area contributed by atoms with Crippen LogP contribution in [-0.4, -0.2) is 68.2 Å². The van der Waals surface area contributed by atoms with Gasteiger partial charge in [0.2, 0.25) is 0 Å². The Morgan fingerprint density at radius 2 is 1.77 bits per heavy atom. The van der Waals surface area contributed by atoms with Crippen LogP contribution in [0.5, 0.6) is 0 Å². The van der Waals surface area contributed by atoms with Crippen molar-refractivity contribution >= 4 is 52.1 Å². The molecule has 0 unspecified atom stereocenters. The van der Waals surface area contributed by atoms with Crippen LogP contribution < -0.4 is 15.1 Å². The fourth-order valence-corrected chi connectivity index (χ4v) is 4.90. The number of nitrogens with zero attached hydrogens (tertiary/aromatic N) is 5. The van der Waals surface area contributed by atoms with Crippen LogP contribution in [0.1, 0.15) is 25.5 Å². The predicted molar refractivity (Wildman–Crippen MR) is 139 cm³/mol. The second-order valence-electron chi connectivity index (χ2n) is 7.61. The molecule has 0 atom stereocenters. The minimum atomic E-state index is 0. The molecule has 0 radical (unpaired) electrons. The SMILES string of the molecule is CCNC(=NCCc1csc(N2CCCC2)n1)N1CCN(c2ccccc2)CC1.I. The number of aromatic nitrogens is 1. The summed E-state index contributed by atoms with van der Waals surface area (Å²) in [5, 5.41) is 6.86. The van der Waals surface area contributed by atoms with Gasteiger partial charge < -0.3 is 20.0 Å². The lowest BCUT2D eigenvalue weighted by Gasteiger charge is -2.37. The summed E-state index contributed by atoms with van der Waals surface area (Å²) in [6.07, 6.45) is 3.49. The first-order valence-electron chi connectivity index (χ1n) is 10.9. The first-order chi connectivity index (χ1) is 14.3. The molecule has 0 saturated carbocycles. The van der Waals surface area contributed by atoms with Crippen LogP contribution in [0.3, 0.4) is 0 Å². The summed E-state index contributed by atoms with van der Waals surface area (Å²) >= 11 is 1.78. The van der Waals surface area contributed by atoms with Crippen molar-refractivity contribution in [3.8, 4) is 0 Å². The molecule has 1 aromatic carbocycles. The van der Waals surface area contributed by atoms with Crippen molar-refractivity contribution in [1.29, 1.82) is 0 Å². The van der Waals surface area contributed by atoms with Gasteiger partial charge in [-0.05, 0) is 31.9 Å². The number of piperazine rings is 1. The second kappa shape index (κ2) is 11.7. The van der Waals surface area contributed by atoms with Crippen LogP contribution in [-0.2, 0) is 6.42 Å². The molecule has 8 heteroatoms. The summed E-state index contributed by atoms with van der Waals surface area (Å²) < 4.78 is 0. The minimum Gasteiger partial charge on any atom is -0.368 e. The number of benzene rings is 1. The Labute approximate surface area is 201 Å². The molecule has 0 aliphatic carbocycles. The summed E-state index contributed by atoms with van der Waals surface area (Å²) in [5.74, 6) is 1.04. The van der Waals surface area contributed by atoms with Gasteiger partial charge in [0, 0.05) is 69.8 Å². The molecule has 0 amide bonds. The number of thiazole rings is 1. The van der Waals surface area contributed by atoms with Crippen molar-refractivity contribution in [3.05, 3.63) is 41.4 Å². The first kappa shape index (κ1) is 23.1. The maximum atomic E-state index is 4.90. The van der Waals surface area contributed by atoms with Crippen LogP contribution in [0.4, 0.5) is 10.8 Å². The zero-order valence-corrected chi connectivity index (χ0v) is 20.9. The average Bonchev–Trinajstić information content (AvgIpc) is 3.46. The fourth-order valence-electron chi connectivity index (χ4n) is 3.98. The Hall–Kier alpha value is -1.55. The Balaban J connectivity index is 0.00000256. The molecule has 6 nitrogen and oxygen atoms in total. The minimum absolute atomic E-state index is 0. The van der Waals surface area contributed by atoms with Crippen LogP contribution >= 0.6 is 35.3 Å². The van der Waals surface area contributed by atoms with Gasteiger partial charge in [0.25, 0.3) is 0 Å². The zero-order chi connectivity index (χ0) is 19.9. The molecule has 0 bridgehead atoms. The molecule has 0 spiro atoms. The van der Waals surface area contributed by atoms with E-state index in [1.54, 1.807) is 11.3 Å². The van der Waals surface area contributed by atoms with Crippen LogP contribution in [0.15, 0.2) is 40.7 Å². The first-order valence-corrected chi connectivity index (χ1v) is 11.7. The Morgan fingerprint density at radius 1 is 1.03 bits per heavy atom. The molecule has 30 heavy (non-hydrogen) atoms. The quantitative estimate of drug-likeness (QED) is 0.344. The Morgan fingerprint density at radius 3 is 2.47 bits per heavy atom. The van der Waals surface area contributed by atoms with E-state index in [0.717, 1.165) is 64.7 Å². The molecular formula is C22H33IN6S. The van der Waals surface area contributed by atoms with Gasteiger partial charge in [-0.2, -0.15) is 0 Å². The van der Waals surface area contributed by atoms with Gasteiger partial charge in [-0.15, -0.1) is 35.3 Å². The van der Waals surface area contributed by atoms with Crippen molar-refractivity contribution in [3.63, 3.8) is 0 Å². The lowest BCUT2D eigenvalue weighted by molar-refractivity contribution is 0.372. The molecule has 2 aromatic rings. The molecule has 2 fully saturated rings. The Kier molecular flexibility index (Phi) is 9.05. The number of rotatable bonds is 6. The summed E-state index contributed by atoms with van der Waals surface area (Å²) in [6.45, 7) is 10.2. The normalized spacial score (nSPS) is 17.2. The molecule has 1 aromatic heterocycles. The highest BCUT2D eigenvalue weighted by atomic mass is 127. The molecule has 2 saturated heterocycles. The van der Waals surface area contributed by atoms with Crippen molar-refractivity contribution in [2.24, 2.45) is 4.99 Å². The van der Waals surface area contributed by atoms with Crippen molar-refractivity contribution in [2.45, 2.75) is 26.2 Å². The standard InChI is InChI=1S/C22H32N6S.HI/c1-2-23-21(27-16-14-26(15-17-27)20-8-4-3-5-9-20)24-11-10-19-18-29-22(25-19)28-12-6-7-13-28;/h3-5,8-9,18H,2,6-7,10-17H2,1H3,(H,23,24);1H. The summed E-state index contributed by atoms with van der Waals surface area (Å²) in [6, 6.07) is 10.7. The maximum Gasteiger partial charge on any atom is 0.194 e. The number of para-hydroxylation sites is 1. The second-order valence-corrected chi connectivity index (χ2v) is 8.45. The lowest BCUT2D eigenvalue weighted by Crippen LogP contribution is -2.52. The van der Waals surface area contributed by atoms with E-state index in [0.29, 0.717) is 0 Å². The van der Waals surface area contributed by atoms with Crippen molar-refractivity contribution in [1.82, 2.24) is 15.2 Å². The van der Waals surface area contributed by atoms with E-state index in [9.17, 15) is 0 Å². The highest BCUT2D eigenvalue weighted by Crippen LogP contribution is 2.24. The number of halogens is 1. The van der Waals surface area contributed by atoms with E-state index >= 15 is 0 Å². The van der Waals surface area contributed by atoms with Gasteiger partial charge in [0.05, 0.1) is 5.69 Å². The largest absolute Gasteiger partial charge is 0.368 e. The molecule has 164 valence electrons. The predicted octanol–water partition coefficient (Wildman–Crippen LogP) is 3.69. The van der Waals surface area contributed by atoms with Crippen molar-refractivity contribution in [2.75, 3.05) is 62.2 Å². The van der Waals surface area contributed by atoms with E-state index < -0.39 is 0 Å². The number of nitrogens with one attached hydrogen (secondary N) is 1. The highest BCUT2D eigenvalue weighted by molar-refractivity contribution is 14.0. The van der Waals surface area contributed by atoms with Gasteiger partial charge in [0.15, 0.2) is 11.1 Å². The number of guanidine groups is 1. The van der Waals surface area contributed by atoms with Gasteiger partial charge in [-0.3, -0.25) is 4.99 Å². The monoisotopic (exact) mass is 540 g/mol. The number of hydrogen-bond acceptors (Lipinski definition) is 5. The molecule has 1 N–H and O–H groups in total. The maximum absolute atomic E-state index is 4.90. The number of aliphatic imine (C=N–C) groups is 1. The Bertz CT molecular complexity index is 782. The lowest BCUT2D eigenvalue weighted by atomic mass is 10.2. The van der Waals surface area contributed by atoms with Crippen LogP contribution in [0, 0.1) is 0 Å². The van der Waals surface area contributed by atoms with Gasteiger partial charge in [-0.1, -0.05) is 18.2 Å².